The van der Waals surface area contributed by atoms with Crippen molar-refractivity contribution in [2.45, 2.75) is 12.8 Å². The van der Waals surface area contributed by atoms with Crippen molar-refractivity contribution in [3.05, 3.63) is 58.6 Å². The fourth-order valence-electron chi connectivity index (χ4n) is 2.65. The third-order valence-electron chi connectivity index (χ3n) is 3.85. The molecule has 0 bridgehead atoms. The largest absolute Gasteiger partial charge is 0.354 e. The summed E-state index contributed by atoms with van der Waals surface area (Å²) in [6.07, 6.45) is 0. The van der Waals surface area contributed by atoms with Gasteiger partial charge in [0.1, 0.15) is 0 Å². The number of fused-ring (bicyclic) bond motifs is 1. The maximum Gasteiger partial charge on any atom is 0.271 e. The molecular formula is C15H15N3O3. The van der Waals surface area contributed by atoms with E-state index >= 15 is 0 Å². The van der Waals surface area contributed by atoms with Gasteiger partial charge in [0.15, 0.2) is 0 Å². The quantitative estimate of drug-likeness (QED) is 0.678. The smallest absolute Gasteiger partial charge is 0.271 e. The number of nitro groups is 1. The van der Waals surface area contributed by atoms with Gasteiger partial charge in [-0.25, -0.2) is 0 Å². The Bertz CT molecular complexity index is 701. The van der Waals surface area contributed by atoms with E-state index in [9.17, 15) is 15.2 Å². The van der Waals surface area contributed by atoms with Crippen LogP contribution in [-0.2, 0) is 0 Å². The molecule has 21 heavy (non-hydrogen) atoms. The zero-order valence-electron chi connectivity index (χ0n) is 11.7. The van der Waals surface area contributed by atoms with Crippen LogP contribution in [0.2, 0.25) is 0 Å². The lowest BCUT2D eigenvalue weighted by Gasteiger charge is -2.36. The second-order valence-electron chi connectivity index (χ2n) is 5.13. The van der Waals surface area contributed by atoms with Crippen molar-refractivity contribution in [1.82, 2.24) is 0 Å². The van der Waals surface area contributed by atoms with Gasteiger partial charge >= 0.3 is 0 Å². The van der Waals surface area contributed by atoms with Gasteiger partial charge in [0.05, 0.1) is 16.3 Å². The van der Waals surface area contributed by atoms with Gasteiger partial charge in [0, 0.05) is 31.8 Å². The normalized spacial score (nSPS) is 20.5. The first-order valence-corrected chi connectivity index (χ1v) is 6.53. The van der Waals surface area contributed by atoms with Crippen LogP contribution in [0.4, 0.5) is 22.7 Å². The molecule has 1 unspecified atom stereocenters. The molecule has 2 aromatic rings. The van der Waals surface area contributed by atoms with E-state index in [1.165, 1.54) is 12.1 Å². The minimum atomic E-state index is -1.29. The summed E-state index contributed by atoms with van der Waals surface area (Å²) in [5.41, 5.74) is 2.19. The predicted molar refractivity (Wildman–Crippen MR) is 80.7 cm³/mol. The summed E-state index contributed by atoms with van der Waals surface area (Å²) in [7, 11) is 1.71. The number of rotatable bonds is 2. The summed E-state index contributed by atoms with van der Waals surface area (Å²) in [6.45, 7) is 1.66. The van der Waals surface area contributed by atoms with E-state index in [1.54, 1.807) is 29.8 Å². The van der Waals surface area contributed by atoms with E-state index in [2.05, 4.69) is 0 Å². The first-order chi connectivity index (χ1) is 9.93. The highest BCUT2D eigenvalue weighted by molar-refractivity contribution is 5.85. The minimum Gasteiger partial charge on any atom is -0.354 e. The fourth-order valence-corrected chi connectivity index (χ4v) is 2.65. The Balaban J connectivity index is 2.18. The number of nitrogens with zero attached hydrogens (tertiary/aromatic N) is 3. The van der Waals surface area contributed by atoms with Crippen LogP contribution >= 0.6 is 0 Å². The first kappa shape index (κ1) is 13.4. The summed E-state index contributed by atoms with van der Waals surface area (Å²) < 4.78 is 0. The van der Waals surface area contributed by atoms with Gasteiger partial charge in [-0.1, -0.05) is 18.2 Å². The van der Waals surface area contributed by atoms with Gasteiger partial charge in [-0.2, -0.15) is 0 Å². The molecule has 1 atom stereocenters. The van der Waals surface area contributed by atoms with Gasteiger partial charge < -0.3 is 10.0 Å². The molecular weight excluding hydrogens is 270 g/mol. The third kappa shape index (κ3) is 1.92. The average molecular weight is 285 g/mol. The maximum absolute atomic E-state index is 10.9. The second kappa shape index (κ2) is 4.46. The molecule has 6 nitrogen and oxygen atoms in total. The Morgan fingerprint density at radius 3 is 2.43 bits per heavy atom. The lowest BCUT2D eigenvalue weighted by Crippen LogP contribution is -2.51. The summed E-state index contributed by atoms with van der Waals surface area (Å²) in [6, 6.07) is 14.0. The molecule has 2 aromatic carbocycles. The predicted octanol–water partition coefficient (Wildman–Crippen LogP) is 2.85. The molecule has 1 heterocycles. The van der Waals surface area contributed by atoms with Crippen LogP contribution in [0.15, 0.2) is 48.5 Å². The SMILES string of the molecule is CN1c2cc([N+](=O)[O-])ccc2N(c2ccccc2)C1(C)O. The Kier molecular flexibility index (Phi) is 2.84. The Hall–Kier alpha value is -2.60. The van der Waals surface area contributed by atoms with Crippen LogP contribution in [0.5, 0.6) is 0 Å². The van der Waals surface area contributed by atoms with Crippen LogP contribution in [0.1, 0.15) is 6.92 Å². The zero-order valence-corrected chi connectivity index (χ0v) is 11.7. The molecule has 1 N–H and O–H groups in total. The van der Waals surface area contributed by atoms with Crippen LogP contribution in [0.3, 0.4) is 0 Å². The van der Waals surface area contributed by atoms with Gasteiger partial charge in [-0.15, -0.1) is 0 Å². The minimum absolute atomic E-state index is 0.00584. The molecule has 6 heteroatoms. The number of nitro benzene ring substituents is 1. The molecule has 0 saturated heterocycles. The molecule has 1 aliphatic heterocycles. The number of para-hydroxylation sites is 1. The van der Waals surface area contributed by atoms with Crippen LogP contribution in [-0.4, -0.2) is 22.9 Å². The van der Waals surface area contributed by atoms with Crippen molar-refractivity contribution in [2.24, 2.45) is 0 Å². The molecule has 1 aliphatic rings. The summed E-state index contributed by atoms with van der Waals surface area (Å²) in [4.78, 5) is 13.9. The number of hydrogen-bond acceptors (Lipinski definition) is 5. The molecule has 0 radical (unpaired) electrons. The van der Waals surface area contributed by atoms with Crippen molar-refractivity contribution in [3.8, 4) is 0 Å². The van der Waals surface area contributed by atoms with Gasteiger partial charge in [-0.3, -0.25) is 15.0 Å². The zero-order chi connectivity index (χ0) is 15.2. The van der Waals surface area contributed by atoms with Crippen molar-refractivity contribution >= 4 is 22.7 Å². The Morgan fingerprint density at radius 2 is 1.81 bits per heavy atom. The van der Waals surface area contributed by atoms with Crippen LogP contribution in [0, 0.1) is 10.1 Å². The topological polar surface area (TPSA) is 69.8 Å². The highest BCUT2D eigenvalue weighted by Crippen LogP contribution is 2.48. The monoisotopic (exact) mass is 285 g/mol. The van der Waals surface area contributed by atoms with Crippen LogP contribution < -0.4 is 9.80 Å². The fraction of sp³-hybridized carbons (Fsp3) is 0.200. The lowest BCUT2D eigenvalue weighted by molar-refractivity contribution is -0.384. The molecule has 108 valence electrons. The highest BCUT2D eigenvalue weighted by Gasteiger charge is 2.44. The van der Waals surface area contributed by atoms with E-state index in [4.69, 9.17) is 0 Å². The molecule has 0 fully saturated rings. The lowest BCUT2D eigenvalue weighted by atomic mass is 10.2. The van der Waals surface area contributed by atoms with Crippen LogP contribution in [0.25, 0.3) is 0 Å². The van der Waals surface area contributed by atoms with Crippen molar-refractivity contribution in [2.75, 3.05) is 16.8 Å². The standard InChI is InChI=1S/C15H15N3O3/c1-15(19)16(2)14-10-12(18(20)21)8-9-13(14)17(15)11-6-4-3-5-7-11/h3-10,19H,1-2H3. The van der Waals surface area contributed by atoms with Gasteiger partial charge in [0.2, 0.25) is 5.85 Å². The van der Waals surface area contributed by atoms with Gasteiger partial charge in [0.25, 0.3) is 5.69 Å². The Morgan fingerprint density at radius 1 is 1.14 bits per heavy atom. The molecule has 0 aliphatic carbocycles. The molecule has 0 spiro atoms. The van der Waals surface area contributed by atoms with E-state index in [1.807, 2.05) is 30.3 Å². The van der Waals surface area contributed by atoms with Crippen molar-refractivity contribution in [3.63, 3.8) is 0 Å². The third-order valence-corrected chi connectivity index (χ3v) is 3.85. The summed E-state index contributed by atoms with van der Waals surface area (Å²) in [5.74, 6) is -1.29. The number of aliphatic hydroxyl groups is 1. The molecule has 0 amide bonds. The van der Waals surface area contributed by atoms with E-state index in [-0.39, 0.29) is 5.69 Å². The van der Waals surface area contributed by atoms with E-state index in [0.717, 1.165) is 11.4 Å². The molecule has 0 aromatic heterocycles. The van der Waals surface area contributed by atoms with E-state index < -0.39 is 10.8 Å². The van der Waals surface area contributed by atoms with Gasteiger partial charge in [-0.05, 0) is 18.2 Å². The second-order valence-corrected chi connectivity index (χ2v) is 5.13. The maximum atomic E-state index is 10.9. The number of benzene rings is 2. The number of anilines is 3. The van der Waals surface area contributed by atoms with E-state index in [0.29, 0.717) is 5.69 Å². The first-order valence-electron chi connectivity index (χ1n) is 6.53. The summed E-state index contributed by atoms with van der Waals surface area (Å²) >= 11 is 0. The summed E-state index contributed by atoms with van der Waals surface area (Å²) in [5, 5.41) is 21.7. The van der Waals surface area contributed by atoms with Crippen molar-refractivity contribution in [1.29, 1.82) is 0 Å². The molecule has 0 saturated carbocycles. The highest BCUT2D eigenvalue weighted by atomic mass is 16.6. The Labute approximate surface area is 122 Å². The molecule has 3 rings (SSSR count). The number of hydrogen-bond donors (Lipinski definition) is 1. The van der Waals surface area contributed by atoms with Crippen molar-refractivity contribution < 1.29 is 10.0 Å². The average Bonchev–Trinajstić information content (AvgIpc) is 2.67. The number of non-ortho nitro benzene ring substituents is 1.